The molecule has 3 heterocycles. The summed E-state index contributed by atoms with van der Waals surface area (Å²) in [5, 5.41) is 0. The molecule has 0 aliphatic heterocycles. The van der Waals surface area contributed by atoms with Crippen LogP contribution in [0.2, 0.25) is 0 Å². The molecule has 3 aromatic heterocycles. The molecule has 65 heavy (non-hydrogen) atoms. The normalized spacial score (nSPS) is 16.9. The number of aryl methyl sites for hydroxylation is 2. The van der Waals surface area contributed by atoms with E-state index in [0.717, 1.165) is 55.9 Å². The van der Waals surface area contributed by atoms with Gasteiger partial charge in [0.2, 0.25) is 0 Å². The molecular weight excluding hydrogens is 967 g/mol. The van der Waals surface area contributed by atoms with Crippen LogP contribution in [-0.4, -0.2) is 15.0 Å². The molecule has 5 aromatic carbocycles. The summed E-state index contributed by atoms with van der Waals surface area (Å²) in [6.07, 6.45) is 6.37. The number of pyridine rings is 3. The zero-order valence-corrected chi connectivity index (χ0v) is 40.0. The van der Waals surface area contributed by atoms with Crippen molar-refractivity contribution in [3.05, 3.63) is 221 Å². The molecule has 3 nitrogen and oxygen atoms in total. The van der Waals surface area contributed by atoms with E-state index in [0.29, 0.717) is 35.9 Å². The molecule has 2 bridgehead atoms. The number of hydrogen-bond donors (Lipinski definition) is 0. The molecule has 3 aliphatic rings. The Hall–Kier alpha value is -5.80. The monoisotopic (exact) mass is 1030 g/mol. The van der Waals surface area contributed by atoms with E-state index in [2.05, 4.69) is 82.3 Å². The summed E-state index contributed by atoms with van der Waals surface area (Å²) in [7, 11) is 0. The van der Waals surface area contributed by atoms with Crippen molar-refractivity contribution in [1.82, 2.24) is 15.0 Å². The van der Waals surface area contributed by atoms with Crippen LogP contribution in [0, 0.1) is 18.2 Å². The van der Waals surface area contributed by atoms with E-state index in [-0.39, 0.29) is 31.2 Å². The van der Waals surface area contributed by atoms with Crippen molar-refractivity contribution in [3.63, 3.8) is 0 Å². The van der Waals surface area contributed by atoms with Crippen LogP contribution < -0.4 is 0 Å². The van der Waals surface area contributed by atoms with E-state index in [1.54, 1.807) is 6.20 Å². The van der Waals surface area contributed by atoms with Crippen LogP contribution in [0.25, 0.3) is 44.9 Å². The van der Waals surface area contributed by atoms with Gasteiger partial charge in [0.05, 0.1) is 0 Å². The van der Waals surface area contributed by atoms with E-state index in [9.17, 15) is 5.48 Å². The molecule has 0 radical (unpaired) electrons. The molecule has 3 aliphatic carbocycles. The van der Waals surface area contributed by atoms with Gasteiger partial charge in [-0.1, -0.05) is 94.4 Å². The van der Waals surface area contributed by atoms with Gasteiger partial charge in [-0.15, -0.1) is 108 Å². The summed E-state index contributed by atoms with van der Waals surface area (Å²) >= 11 is 0. The Bertz CT molecular complexity index is 2940. The molecule has 1 fully saturated rings. The van der Waals surface area contributed by atoms with Crippen molar-refractivity contribution in [3.8, 4) is 44.9 Å². The zero-order valence-electron chi connectivity index (χ0n) is 41.6. The van der Waals surface area contributed by atoms with E-state index in [1.165, 1.54) is 36.8 Å². The minimum absolute atomic E-state index is 0. The average Bonchev–Trinajstić information content (AvgIpc) is 3.37. The summed E-state index contributed by atoms with van der Waals surface area (Å²) in [4.78, 5) is 14.5. The van der Waals surface area contributed by atoms with Crippen molar-refractivity contribution < 1.29 is 25.6 Å². The molecule has 0 N–H and O–H groups in total. The van der Waals surface area contributed by atoms with E-state index in [4.69, 9.17) is 15.0 Å². The largest absolute Gasteiger partial charge is 3.00 e. The number of hydrogen-bond acceptors (Lipinski definition) is 3. The predicted molar refractivity (Wildman–Crippen MR) is 262 cm³/mol. The summed E-state index contributed by atoms with van der Waals surface area (Å²) in [6.45, 7) is 8.75. The first-order valence-corrected chi connectivity index (χ1v) is 22.8. The van der Waals surface area contributed by atoms with Gasteiger partial charge < -0.3 is 15.0 Å². The molecule has 0 atom stereocenters. The molecule has 8 aromatic rings. The van der Waals surface area contributed by atoms with Crippen molar-refractivity contribution in [2.24, 2.45) is 0 Å². The van der Waals surface area contributed by atoms with Crippen LogP contribution in [0.5, 0.6) is 0 Å². The fraction of sp³-hybridized carbons (Fsp3) is 0.262. The van der Waals surface area contributed by atoms with Gasteiger partial charge in [0.15, 0.2) is 0 Å². The predicted octanol–water partition coefficient (Wildman–Crippen LogP) is 14.5. The van der Waals surface area contributed by atoms with Gasteiger partial charge in [-0.3, -0.25) is 0 Å². The number of aromatic nitrogens is 3. The van der Waals surface area contributed by atoms with Crippen LogP contribution in [-0.2, 0) is 56.5 Å². The van der Waals surface area contributed by atoms with Gasteiger partial charge in [-0.25, -0.2) is 0 Å². The van der Waals surface area contributed by atoms with E-state index < -0.39 is 23.6 Å². The molecule has 0 amide bonds. The third-order valence-electron chi connectivity index (χ3n) is 13.6. The summed E-state index contributed by atoms with van der Waals surface area (Å²) in [5.41, 5.74) is 13.0. The quantitative estimate of drug-likeness (QED) is 0.108. The third-order valence-corrected chi connectivity index (χ3v) is 13.6. The first kappa shape index (κ1) is 39.6. The Morgan fingerprint density at radius 1 is 0.508 bits per heavy atom. The van der Waals surface area contributed by atoms with Crippen LogP contribution in [0.15, 0.2) is 158 Å². The molecule has 0 saturated heterocycles. The molecule has 0 unspecified atom stereocenters. The summed E-state index contributed by atoms with van der Waals surface area (Å²) in [6, 6.07) is 56.0. The first-order chi connectivity index (χ1) is 32.7. The number of nitrogens with zero attached hydrogens (tertiary/aromatic N) is 3. The average molecular weight is 1030 g/mol. The van der Waals surface area contributed by atoms with Crippen LogP contribution in [0.3, 0.4) is 0 Å². The third kappa shape index (κ3) is 9.77. The number of benzene rings is 5. The second-order valence-corrected chi connectivity index (χ2v) is 19.1. The van der Waals surface area contributed by atoms with Gasteiger partial charge in [0, 0.05) is 24.1 Å². The van der Waals surface area contributed by atoms with Crippen molar-refractivity contribution in [2.45, 2.75) is 102 Å². The van der Waals surface area contributed by atoms with Crippen molar-refractivity contribution in [1.29, 1.82) is 0 Å². The number of fused-ring (bicyclic) bond motifs is 2. The minimum atomic E-state index is -2.51. The first-order valence-electron chi connectivity index (χ1n) is 24.8. The summed E-state index contributed by atoms with van der Waals surface area (Å²) in [5.74, 6) is 1.06. The maximum atomic E-state index is 10.0. The Kier molecular flexibility index (Phi) is 11.5. The van der Waals surface area contributed by atoms with Gasteiger partial charge in [-0.2, -0.15) is 0 Å². The van der Waals surface area contributed by atoms with Crippen molar-refractivity contribution in [2.75, 3.05) is 0 Å². The van der Waals surface area contributed by atoms with Crippen molar-refractivity contribution >= 4 is 0 Å². The zero-order chi connectivity index (χ0) is 47.3. The molecule has 0 spiro atoms. The molecule has 324 valence electrons. The second kappa shape index (κ2) is 19.0. The van der Waals surface area contributed by atoms with Crippen LogP contribution >= 0.6 is 0 Å². The topological polar surface area (TPSA) is 38.7 Å². The van der Waals surface area contributed by atoms with Crippen LogP contribution in [0.1, 0.15) is 115 Å². The van der Waals surface area contributed by atoms with Crippen LogP contribution in [0.4, 0.5) is 0 Å². The Morgan fingerprint density at radius 3 is 1.49 bits per heavy atom. The Morgan fingerprint density at radius 2 is 1.00 bits per heavy atom. The fourth-order valence-electron chi connectivity index (χ4n) is 10.1. The van der Waals surface area contributed by atoms with Gasteiger partial charge >= 0.3 is 20.1 Å². The second-order valence-electron chi connectivity index (χ2n) is 19.1. The van der Waals surface area contributed by atoms with Gasteiger partial charge in [0.25, 0.3) is 0 Å². The molecule has 11 rings (SSSR count). The number of rotatable bonds is 13. The standard InChI is InChI=1S/C61H56N3.Ir/c1-60(2,52-27-30-57(63-40-52)47-14-8-5-9-15-47)37-43-32-42(33-44(34-43)38-61(3,4)53-28-31-58(64-41-53)48-16-10-6-11-17-48)20-21-51-39-62-59(49-18-12-7-13-19-49)36-55(51)50-26-29-54-45-22-24-46(25-23-45)56(54)35-50;/h5-14,16,18,26-36,39-41,45-46H,20-25,37-38H2,1-4H3;/q-3;+3/i20D2,21D2;. The molecule has 1 saturated carbocycles. The fourth-order valence-corrected chi connectivity index (χ4v) is 10.1. The Balaban J connectivity index is 0.00000593. The van der Waals surface area contributed by atoms with Gasteiger partial charge in [0.1, 0.15) is 0 Å². The van der Waals surface area contributed by atoms with E-state index >= 15 is 0 Å². The SMILES string of the molecule is [2H]C([2H])(c1cc(CC(C)(C)c2ccc(-c3[c-]cccc3)nc2)cc(CC(C)(C)c2ccc(-c3[c-]cccc3)nc2)c1)C([2H])([2H])c1cnc(-c2[c-]cccc2)cc1-c1ccc2c(c1)C1CCC2CC1.[Ir+3]. The maximum absolute atomic E-state index is 10.0. The summed E-state index contributed by atoms with van der Waals surface area (Å²) < 4.78 is 40.1. The Labute approximate surface area is 405 Å². The smallest absolute Gasteiger partial charge is 0.304 e. The maximum Gasteiger partial charge on any atom is 3.00 e. The minimum Gasteiger partial charge on any atom is -0.304 e. The van der Waals surface area contributed by atoms with Gasteiger partial charge in [-0.05, 0) is 147 Å². The van der Waals surface area contributed by atoms with E-state index in [1.807, 2.05) is 116 Å². The molecule has 4 heteroatoms. The molecular formula is C61H56IrN3.